The Kier molecular flexibility index (Phi) is 7.43. The number of carbonyl (C=O) groups excluding carboxylic acids is 4. The van der Waals surface area contributed by atoms with Crippen LogP contribution < -0.4 is 15.3 Å². The molecule has 2 aliphatic heterocycles. The number of hydrogen-bond donors (Lipinski definition) is 5. The number of carbonyl (C=O) groups is 5. The fraction of sp³-hybridized carbons (Fsp3) is 0.364. The van der Waals surface area contributed by atoms with Gasteiger partial charge < -0.3 is 35.3 Å². The summed E-state index contributed by atoms with van der Waals surface area (Å²) < 4.78 is 5.41. The summed E-state index contributed by atoms with van der Waals surface area (Å²) in [7, 11) is -1.56. The first-order valence-corrected chi connectivity index (χ1v) is 11.6. The van der Waals surface area contributed by atoms with Crippen molar-refractivity contribution in [2.45, 2.75) is 31.7 Å². The number of H-pyrrole nitrogens is 1. The Morgan fingerprint density at radius 3 is 2.73 bits per heavy atom. The van der Waals surface area contributed by atoms with Crippen molar-refractivity contribution in [2.24, 2.45) is 0 Å². The molecule has 14 nitrogen and oxygen atoms in total. The lowest BCUT2D eigenvalue weighted by molar-refractivity contribution is -0.153. The number of carboxylic acid groups (broad SMARTS) is 1. The Balaban J connectivity index is 1.49. The maximum Gasteiger partial charge on any atom is 0.547 e. The summed E-state index contributed by atoms with van der Waals surface area (Å²) in [5.41, 5.74) is 0.796. The quantitative estimate of drug-likeness (QED) is 0.218. The molecule has 0 spiro atoms. The molecule has 3 heterocycles. The second-order valence-corrected chi connectivity index (χ2v) is 8.53. The molecule has 1 fully saturated rings. The van der Waals surface area contributed by atoms with E-state index in [1.54, 1.807) is 13.0 Å². The minimum atomic E-state index is -1.56. The van der Waals surface area contributed by atoms with E-state index in [0.717, 1.165) is 4.90 Å². The Morgan fingerprint density at radius 1 is 1.27 bits per heavy atom. The Morgan fingerprint density at radius 2 is 2.05 bits per heavy atom. The second-order valence-electron chi connectivity index (χ2n) is 8.53. The van der Waals surface area contributed by atoms with E-state index < -0.39 is 48.8 Å². The van der Waals surface area contributed by atoms with Gasteiger partial charge >= 0.3 is 30.9 Å². The van der Waals surface area contributed by atoms with Crippen molar-refractivity contribution in [3.05, 3.63) is 47.5 Å². The summed E-state index contributed by atoms with van der Waals surface area (Å²) in [6.45, 7) is 2.19. The molecule has 2 aromatic rings. The normalized spacial score (nSPS) is 18.1. The van der Waals surface area contributed by atoms with Crippen LogP contribution in [-0.4, -0.2) is 98.4 Å². The molecular weight excluding hydrogens is 487 g/mol. The molecule has 1 unspecified atom stereocenters. The van der Waals surface area contributed by atoms with Crippen molar-refractivity contribution in [1.29, 1.82) is 0 Å². The molecule has 1 saturated heterocycles. The maximum absolute atomic E-state index is 13.2. The van der Waals surface area contributed by atoms with Crippen LogP contribution in [0.3, 0.4) is 0 Å². The molecule has 0 aliphatic carbocycles. The number of imidazole rings is 1. The van der Waals surface area contributed by atoms with Gasteiger partial charge in [0.15, 0.2) is 0 Å². The van der Waals surface area contributed by atoms with E-state index in [-0.39, 0.29) is 37.2 Å². The molecule has 0 bridgehead atoms. The molecular formula is C22H25BN6O8. The summed E-state index contributed by atoms with van der Waals surface area (Å²) in [6.07, 6.45) is 2.94. The average Bonchev–Trinajstić information content (AvgIpc) is 3.38. The van der Waals surface area contributed by atoms with Crippen molar-refractivity contribution in [3.63, 3.8) is 0 Å². The molecule has 5 amide bonds. The van der Waals surface area contributed by atoms with E-state index in [9.17, 15) is 34.1 Å². The van der Waals surface area contributed by atoms with Gasteiger partial charge in [-0.1, -0.05) is 12.1 Å². The van der Waals surface area contributed by atoms with Crippen LogP contribution in [0.15, 0.2) is 30.7 Å². The molecule has 2 atom stereocenters. The van der Waals surface area contributed by atoms with E-state index >= 15 is 0 Å². The van der Waals surface area contributed by atoms with Gasteiger partial charge in [0.1, 0.15) is 11.8 Å². The van der Waals surface area contributed by atoms with Gasteiger partial charge in [-0.05, 0) is 25.0 Å². The van der Waals surface area contributed by atoms with Gasteiger partial charge in [-0.2, -0.15) is 0 Å². The largest absolute Gasteiger partial charge is 0.547 e. The SMILES string of the molecule is CCN1CCN(C(=O)NC(Cc2c[nH]cn2)C(=O)N[C@H]2Cc3cccc(C(=O)O)c3OB2O)C(=O)C1=O. The molecule has 15 heteroatoms. The number of rotatable bonds is 7. The molecule has 0 radical (unpaired) electrons. The highest BCUT2D eigenvalue weighted by Gasteiger charge is 2.40. The third-order valence-electron chi connectivity index (χ3n) is 6.20. The number of aromatic amines is 1. The Bertz CT molecular complexity index is 1220. The van der Waals surface area contributed by atoms with Gasteiger partial charge in [0, 0.05) is 32.3 Å². The topological polar surface area (TPSA) is 194 Å². The van der Waals surface area contributed by atoms with Gasteiger partial charge in [0.2, 0.25) is 5.91 Å². The fourth-order valence-corrected chi connectivity index (χ4v) is 4.22. The van der Waals surface area contributed by atoms with Crippen LogP contribution in [0.5, 0.6) is 5.75 Å². The Labute approximate surface area is 211 Å². The number of nitrogens with one attached hydrogen (secondary N) is 3. The first-order chi connectivity index (χ1) is 17.7. The number of piperazine rings is 1. The van der Waals surface area contributed by atoms with E-state index in [4.69, 9.17) is 4.65 Å². The molecule has 5 N–H and O–H groups in total. The summed E-state index contributed by atoms with van der Waals surface area (Å²) in [5, 5.41) is 24.9. The zero-order valence-electron chi connectivity index (χ0n) is 19.8. The number of aromatic nitrogens is 2. The molecule has 2 aliphatic rings. The highest BCUT2D eigenvalue weighted by Crippen LogP contribution is 2.30. The number of carboxylic acids is 1. The number of nitrogens with zero attached hydrogens (tertiary/aromatic N) is 3. The van der Waals surface area contributed by atoms with Crippen molar-refractivity contribution in [2.75, 3.05) is 19.6 Å². The number of hydrogen-bond acceptors (Lipinski definition) is 8. The third-order valence-corrected chi connectivity index (χ3v) is 6.20. The highest BCUT2D eigenvalue weighted by molar-refractivity contribution is 6.47. The van der Waals surface area contributed by atoms with Crippen molar-refractivity contribution < 1.29 is 38.8 Å². The predicted octanol–water partition coefficient (Wildman–Crippen LogP) is -1.44. The summed E-state index contributed by atoms with van der Waals surface area (Å²) in [6, 6.07) is 2.35. The van der Waals surface area contributed by atoms with Crippen LogP contribution in [-0.2, 0) is 27.2 Å². The summed E-state index contributed by atoms with van der Waals surface area (Å²) in [5.74, 6) is -4.66. The number of likely N-dealkylation sites (N-methyl/N-ethyl adjacent to an activating group) is 1. The molecule has 194 valence electrons. The second kappa shape index (κ2) is 10.7. The number of benzene rings is 1. The lowest BCUT2D eigenvalue weighted by Crippen LogP contribution is -2.62. The van der Waals surface area contributed by atoms with Gasteiger partial charge in [0.05, 0.1) is 23.5 Å². The van der Waals surface area contributed by atoms with E-state index in [0.29, 0.717) is 17.8 Å². The average molecular weight is 512 g/mol. The monoisotopic (exact) mass is 512 g/mol. The van der Waals surface area contributed by atoms with Gasteiger partial charge in [-0.25, -0.2) is 14.6 Å². The first kappa shape index (κ1) is 25.7. The van der Waals surface area contributed by atoms with Crippen LogP contribution in [0.1, 0.15) is 28.5 Å². The minimum absolute atomic E-state index is 0.0174. The lowest BCUT2D eigenvalue weighted by atomic mass is 9.72. The van der Waals surface area contributed by atoms with Crippen LogP contribution in [0.4, 0.5) is 4.79 Å². The summed E-state index contributed by atoms with van der Waals surface area (Å²) >= 11 is 0. The molecule has 0 saturated carbocycles. The standard InChI is InChI=1S/C22H25BN6O8/c1-2-28-6-7-29(20(32)19(28)31)22(35)26-15(9-13-10-24-11-25-13)18(30)27-16-8-12-4-3-5-14(21(33)34)17(12)37-23(16)36/h3-5,10-11,15-16,36H,2,6-9H2,1H3,(H,24,25)(H,26,35)(H,27,30)(H,33,34)/t15?,16-/m0/s1. The highest BCUT2D eigenvalue weighted by atomic mass is 16.5. The van der Waals surface area contributed by atoms with E-state index in [1.165, 1.54) is 29.6 Å². The van der Waals surface area contributed by atoms with Crippen LogP contribution in [0.2, 0.25) is 0 Å². The van der Waals surface area contributed by atoms with Gasteiger partial charge in [-0.15, -0.1) is 0 Å². The molecule has 1 aromatic carbocycles. The molecule has 4 rings (SSSR count). The number of para-hydroxylation sites is 1. The van der Waals surface area contributed by atoms with Gasteiger partial charge in [-0.3, -0.25) is 19.3 Å². The van der Waals surface area contributed by atoms with Gasteiger partial charge in [0.25, 0.3) is 0 Å². The van der Waals surface area contributed by atoms with E-state index in [1.807, 2.05) is 0 Å². The van der Waals surface area contributed by atoms with Crippen LogP contribution in [0.25, 0.3) is 0 Å². The third kappa shape index (κ3) is 5.40. The Hall–Kier alpha value is -4.40. The molecule has 1 aromatic heterocycles. The number of fused-ring (bicyclic) bond motifs is 1. The first-order valence-electron chi connectivity index (χ1n) is 11.6. The van der Waals surface area contributed by atoms with Crippen LogP contribution in [0, 0.1) is 0 Å². The van der Waals surface area contributed by atoms with Crippen molar-refractivity contribution >= 4 is 36.8 Å². The van der Waals surface area contributed by atoms with Crippen LogP contribution >= 0.6 is 0 Å². The minimum Gasteiger partial charge on any atom is -0.534 e. The smallest absolute Gasteiger partial charge is 0.534 e. The zero-order chi connectivity index (χ0) is 26.7. The van der Waals surface area contributed by atoms with E-state index in [2.05, 4.69) is 20.6 Å². The summed E-state index contributed by atoms with van der Waals surface area (Å²) in [4.78, 5) is 71.1. The molecule has 37 heavy (non-hydrogen) atoms. The number of amides is 5. The lowest BCUT2D eigenvalue weighted by Gasteiger charge is -2.33. The fourth-order valence-electron chi connectivity index (χ4n) is 4.22. The van der Waals surface area contributed by atoms with Crippen molar-refractivity contribution in [1.82, 2.24) is 30.4 Å². The maximum atomic E-state index is 13.2. The zero-order valence-corrected chi connectivity index (χ0v) is 19.8. The predicted molar refractivity (Wildman–Crippen MR) is 126 cm³/mol. The number of aromatic carboxylic acids is 1. The number of imide groups is 1. The van der Waals surface area contributed by atoms with Crippen molar-refractivity contribution in [3.8, 4) is 5.75 Å². The number of urea groups is 1.